The first kappa shape index (κ1) is 23.3. The van der Waals surface area contributed by atoms with E-state index in [0.29, 0.717) is 54.2 Å². The predicted octanol–water partition coefficient (Wildman–Crippen LogP) is 2.65. The molecular weight excluding hydrogens is 441 g/mol. The maximum absolute atomic E-state index is 13.6. The number of carbonyl (C=O) groups excluding carboxylic acids is 1. The Bertz CT molecular complexity index is 1340. The number of nitrogens with one attached hydrogen (secondary N) is 1. The Kier molecular flexibility index (Phi) is 7.09. The molecule has 9 nitrogen and oxygen atoms in total. The van der Waals surface area contributed by atoms with E-state index in [1.165, 1.54) is 22.9 Å². The molecule has 0 fully saturated rings. The Hall–Kier alpha value is -3.89. The molecule has 0 unspecified atom stereocenters. The predicted molar refractivity (Wildman–Crippen MR) is 125 cm³/mol. The Morgan fingerprint density at radius 2 is 1.76 bits per heavy atom. The Labute approximate surface area is 194 Å². The summed E-state index contributed by atoms with van der Waals surface area (Å²) in [7, 11) is 3.17. The molecule has 0 aliphatic carbocycles. The molecule has 4 rings (SSSR count). The summed E-state index contributed by atoms with van der Waals surface area (Å²) in [6.45, 7) is 1.76. The molecule has 0 saturated heterocycles. The van der Waals surface area contributed by atoms with Crippen LogP contribution in [0.25, 0.3) is 27.8 Å². The van der Waals surface area contributed by atoms with Crippen molar-refractivity contribution >= 4 is 16.8 Å². The first-order valence-corrected chi connectivity index (χ1v) is 10.6. The number of rotatable bonds is 9. The van der Waals surface area contributed by atoms with Crippen LogP contribution in [0.5, 0.6) is 0 Å². The minimum atomic E-state index is -0.396. The van der Waals surface area contributed by atoms with Crippen LogP contribution in [-0.4, -0.2) is 71.3 Å². The third-order valence-electron chi connectivity index (χ3n) is 5.37. The van der Waals surface area contributed by atoms with Crippen LogP contribution in [0, 0.1) is 5.82 Å². The van der Waals surface area contributed by atoms with E-state index in [2.05, 4.69) is 15.3 Å². The quantitative estimate of drug-likeness (QED) is 0.408. The Morgan fingerprint density at radius 3 is 2.44 bits per heavy atom. The van der Waals surface area contributed by atoms with Crippen LogP contribution in [0.4, 0.5) is 4.39 Å². The van der Waals surface area contributed by atoms with Crippen LogP contribution < -0.4 is 5.56 Å². The zero-order valence-corrected chi connectivity index (χ0v) is 18.8. The van der Waals surface area contributed by atoms with E-state index < -0.39 is 5.82 Å². The number of ether oxygens (including phenoxy) is 2. The van der Waals surface area contributed by atoms with Gasteiger partial charge in [0.15, 0.2) is 0 Å². The molecule has 176 valence electrons. The summed E-state index contributed by atoms with van der Waals surface area (Å²) >= 11 is 0. The molecule has 0 saturated carbocycles. The van der Waals surface area contributed by atoms with Gasteiger partial charge >= 0.3 is 0 Å². The number of amides is 1. The standard InChI is InChI=1S/C24H24FN5O4/c1-33-11-9-29(10-12-34-2)24(32)16-3-6-19(7-4-16)30-15-22(27-28-30)20-14-17-13-18(25)5-8-21(17)26-23(20)31/h3-8,13-15H,9-12H2,1-2H3,(H,26,31). The number of benzene rings is 2. The van der Waals surface area contributed by atoms with Gasteiger partial charge in [0.05, 0.1) is 30.7 Å². The first-order chi connectivity index (χ1) is 16.5. The van der Waals surface area contributed by atoms with Gasteiger partial charge in [-0.2, -0.15) is 0 Å². The monoisotopic (exact) mass is 465 g/mol. The van der Waals surface area contributed by atoms with Crippen LogP contribution in [0.2, 0.25) is 0 Å². The van der Waals surface area contributed by atoms with E-state index in [-0.39, 0.29) is 17.0 Å². The van der Waals surface area contributed by atoms with Crippen LogP contribution in [0.15, 0.2) is 59.5 Å². The Morgan fingerprint density at radius 1 is 1.06 bits per heavy atom. The van der Waals surface area contributed by atoms with E-state index >= 15 is 0 Å². The van der Waals surface area contributed by atoms with Gasteiger partial charge in [-0.25, -0.2) is 9.07 Å². The zero-order chi connectivity index (χ0) is 24.1. The normalized spacial score (nSPS) is 11.1. The first-order valence-electron chi connectivity index (χ1n) is 10.6. The number of aromatic nitrogens is 4. The number of pyridine rings is 1. The smallest absolute Gasteiger partial charge is 0.258 e. The molecule has 4 aromatic rings. The molecule has 2 heterocycles. The average Bonchev–Trinajstić information content (AvgIpc) is 3.34. The highest BCUT2D eigenvalue weighted by Crippen LogP contribution is 2.20. The van der Waals surface area contributed by atoms with E-state index in [4.69, 9.17) is 9.47 Å². The molecular formula is C24H24FN5O4. The van der Waals surface area contributed by atoms with E-state index in [9.17, 15) is 14.0 Å². The van der Waals surface area contributed by atoms with Crippen molar-refractivity contribution in [3.63, 3.8) is 0 Å². The number of fused-ring (bicyclic) bond motifs is 1. The molecule has 1 N–H and O–H groups in total. The van der Waals surface area contributed by atoms with Gasteiger partial charge in [-0.15, -0.1) is 5.10 Å². The van der Waals surface area contributed by atoms with E-state index in [0.717, 1.165) is 0 Å². The molecule has 0 radical (unpaired) electrons. The van der Waals surface area contributed by atoms with Gasteiger partial charge in [-0.3, -0.25) is 9.59 Å². The second-order valence-electron chi connectivity index (χ2n) is 7.62. The average molecular weight is 465 g/mol. The summed E-state index contributed by atoms with van der Waals surface area (Å²) in [6, 6.07) is 12.6. The summed E-state index contributed by atoms with van der Waals surface area (Å²) in [4.78, 5) is 29.8. The van der Waals surface area contributed by atoms with Crippen LogP contribution in [0.1, 0.15) is 10.4 Å². The number of methoxy groups -OCH3 is 2. The van der Waals surface area contributed by atoms with Crippen molar-refractivity contribution < 1.29 is 18.7 Å². The maximum atomic E-state index is 13.6. The number of carbonyl (C=O) groups is 1. The molecule has 2 aromatic carbocycles. The van der Waals surface area contributed by atoms with Crippen molar-refractivity contribution in [2.75, 3.05) is 40.5 Å². The molecule has 10 heteroatoms. The summed E-state index contributed by atoms with van der Waals surface area (Å²) < 4.78 is 25.3. The highest BCUT2D eigenvalue weighted by molar-refractivity contribution is 5.94. The maximum Gasteiger partial charge on any atom is 0.258 e. The second-order valence-corrected chi connectivity index (χ2v) is 7.62. The number of aromatic amines is 1. The highest BCUT2D eigenvalue weighted by Gasteiger charge is 2.16. The zero-order valence-electron chi connectivity index (χ0n) is 18.8. The lowest BCUT2D eigenvalue weighted by atomic mass is 10.1. The fourth-order valence-electron chi connectivity index (χ4n) is 3.54. The summed E-state index contributed by atoms with van der Waals surface area (Å²) in [6.07, 6.45) is 1.61. The van der Waals surface area contributed by atoms with Crippen molar-refractivity contribution in [2.45, 2.75) is 0 Å². The number of halogens is 1. The lowest BCUT2D eigenvalue weighted by Crippen LogP contribution is -2.36. The van der Waals surface area contributed by atoms with Crippen molar-refractivity contribution in [1.29, 1.82) is 0 Å². The fourth-order valence-corrected chi connectivity index (χ4v) is 3.54. The van der Waals surface area contributed by atoms with Gasteiger partial charge < -0.3 is 19.4 Å². The molecule has 0 atom stereocenters. The topological polar surface area (TPSA) is 102 Å². The number of H-pyrrole nitrogens is 1. The molecule has 0 aliphatic heterocycles. The van der Waals surface area contributed by atoms with Gasteiger partial charge in [0.1, 0.15) is 11.5 Å². The largest absolute Gasteiger partial charge is 0.383 e. The van der Waals surface area contributed by atoms with E-state index in [1.807, 2.05) is 0 Å². The molecule has 2 aromatic heterocycles. The molecule has 0 spiro atoms. The highest BCUT2D eigenvalue weighted by atomic mass is 19.1. The minimum Gasteiger partial charge on any atom is -0.383 e. The number of hydrogen-bond acceptors (Lipinski definition) is 6. The SMILES string of the molecule is COCCN(CCOC)C(=O)c1ccc(-n2cc(-c3cc4cc(F)ccc4[nH]c3=O)nn2)cc1. The summed E-state index contributed by atoms with van der Waals surface area (Å²) in [5.41, 5.74) is 2.00. The van der Waals surface area contributed by atoms with Crippen molar-refractivity contribution in [3.8, 4) is 16.9 Å². The third kappa shape index (κ3) is 5.03. The fraction of sp³-hybridized carbons (Fsp3) is 0.250. The van der Waals surface area contributed by atoms with Gasteiger partial charge in [0.25, 0.3) is 11.5 Å². The van der Waals surface area contributed by atoms with Gasteiger partial charge in [0, 0.05) is 43.8 Å². The second kappa shape index (κ2) is 10.4. The third-order valence-corrected chi connectivity index (χ3v) is 5.37. The lowest BCUT2D eigenvalue weighted by molar-refractivity contribution is 0.0627. The van der Waals surface area contributed by atoms with Crippen molar-refractivity contribution in [1.82, 2.24) is 24.9 Å². The van der Waals surface area contributed by atoms with Crippen molar-refractivity contribution in [2.24, 2.45) is 0 Å². The van der Waals surface area contributed by atoms with E-state index in [1.54, 1.807) is 55.6 Å². The van der Waals surface area contributed by atoms with Gasteiger partial charge in [-0.05, 0) is 48.5 Å². The van der Waals surface area contributed by atoms with Crippen LogP contribution in [0.3, 0.4) is 0 Å². The Balaban J connectivity index is 1.56. The lowest BCUT2D eigenvalue weighted by Gasteiger charge is -2.22. The van der Waals surface area contributed by atoms with Crippen LogP contribution >= 0.6 is 0 Å². The van der Waals surface area contributed by atoms with Gasteiger partial charge in [0.2, 0.25) is 0 Å². The summed E-state index contributed by atoms with van der Waals surface area (Å²) in [5, 5.41) is 8.76. The molecule has 0 aliphatic rings. The van der Waals surface area contributed by atoms with Crippen molar-refractivity contribution in [3.05, 3.63) is 76.5 Å². The number of hydrogen-bond donors (Lipinski definition) is 1. The minimum absolute atomic E-state index is 0.130. The molecule has 1 amide bonds. The molecule has 34 heavy (non-hydrogen) atoms. The van der Waals surface area contributed by atoms with Gasteiger partial charge in [-0.1, -0.05) is 5.21 Å². The molecule has 0 bridgehead atoms. The number of nitrogens with zero attached hydrogens (tertiary/aromatic N) is 4. The summed E-state index contributed by atoms with van der Waals surface area (Å²) in [5.74, 6) is -0.526. The van der Waals surface area contributed by atoms with Crippen LogP contribution in [-0.2, 0) is 9.47 Å².